The van der Waals surface area contributed by atoms with Gasteiger partial charge in [0, 0.05) is 19.5 Å². The molecular formula is C17H16F4N2O. The molecule has 1 amide bonds. The lowest BCUT2D eigenvalue weighted by Crippen LogP contribution is -2.27. The molecule has 128 valence electrons. The van der Waals surface area contributed by atoms with Crippen molar-refractivity contribution in [1.82, 2.24) is 5.32 Å². The summed E-state index contributed by atoms with van der Waals surface area (Å²) in [6, 6.07) is 8.13. The van der Waals surface area contributed by atoms with Gasteiger partial charge in [-0.3, -0.25) is 4.79 Å². The van der Waals surface area contributed by atoms with E-state index >= 15 is 0 Å². The molecule has 0 spiro atoms. The van der Waals surface area contributed by atoms with Gasteiger partial charge in [0.25, 0.3) is 0 Å². The summed E-state index contributed by atoms with van der Waals surface area (Å²) in [5.41, 5.74) is 0.285. The first-order chi connectivity index (χ1) is 11.5. The SMILES string of the molecule is O=C(CCNc1ccc(F)c(F)c1F)NCCc1ccccc1F. The second kappa shape index (κ2) is 8.33. The summed E-state index contributed by atoms with van der Waals surface area (Å²) in [6.45, 7) is 0.312. The Morgan fingerprint density at radius 1 is 0.875 bits per heavy atom. The molecule has 0 saturated heterocycles. The Labute approximate surface area is 136 Å². The van der Waals surface area contributed by atoms with Crippen LogP contribution in [-0.2, 0) is 11.2 Å². The van der Waals surface area contributed by atoms with Crippen molar-refractivity contribution in [2.75, 3.05) is 18.4 Å². The third-order valence-electron chi connectivity index (χ3n) is 3.38. The first-order valence-corrected chi connectivity index (χ1v) is 7.36. The maximum absolute atomic E-state index is 13.4. The molecule has 7 heteroatoms. The summed E-state index contributed by atoms with van der Waals surface area (Å²) in [4.78, 5) is 11.6. The molecular weight excluding hydrogens is 324 g/mol. The zero-order chi connectivity index (χ0) is 17.5. The Hall–Kier alpha value is -2.57. The monoisotopic (exact) mass is 340 g/mol. The Kier molecular flexibility index (Phi) is 6.17. The molecule has 0 aliphatic heterocycles. The zero-order valence-electron chi connectivity index (χ0n) is 12.7. The summed E-state index contributed by atoms with van der Waals surface area (Å²) in [6.07, 6.45) is 0.360. The van der Waals surface area contributed by atoms with Crippen molar-refractivity contribution in [2.45, 2.75) is 12.8 Å². The van der Waals surface area contributed by atoms with E-state index in [1.165, 1.54) is 6.07 Å². The van der Waals surface area contributed by atoms with Crippen molar-refractivity contribution in [3.63, 3.8) is 0 Å². The molecule has 0 aliphatic rings. The van der Waals surface area contributed by atoms with E-state index in [1.807, 2.05) is 0 Å². The van der Waals surface area contributed by atoms with E-state index in [1.54, 1.807) is 18.2 Å². The quantitative estimate of drug-likeness (QED) is 0.599. The number of carbonyl (C=O) groups is 1. The van der Waals surface area contributed by atoms with Crippen molar-refractivity contribution >= 4 is 11.6 Å². The standard InChI is InChI=1S/C17H16F4N2O/c18-12-4-2-1-3-11(12)7-9-23-15(24)8-10-22-14-6-5-13(19)16(20)17(14)21/h1-6,22H,7-10H2,(H,23,24). The summed E-state index contributed by atoms with van der Waals surface area (Å²) in [5, 5.41) is 5.13. The number of nitrogens with one attached hydrogen (secondary N) is 2. The molecule has 2 aromatic carbocycles. The average molecular weight is 340 g/mol. The van der Waals surface area contributed by atoms with E-state index in [9.17, 15) is 22.4 Å². The Balaban J connectivity index is 1.72. The number of halogens is 4. The Morgan fingerprint density at radius 2 is 1.62 bits per heavy atom. The predicted octanol–water partition coefficient (Wildman–Crippen LogP) is 3.40. The highest BCUT2D eigenvalue weighted by atomic mass is 19.2. The van der Waals surface area contributed by atoms with Gasteiger partial charge >= 0.3 is 0 Å². The molecule has 0 heterocycles. The van der Waals surface area contributed by atoms with Gasteiger partial charge in [0.05, 0.1) is 5.69 Å². The fourth-order valence-electron chi connectivity index (χ4n) is 2.10. The fourth-order valence-corrected chi connectivity index (χ4v) is 2.10. The Morgan fingerprint density at radius 3 is 2.38 bits per heavy atom. The van der Waals surface area contributed by atoms with Gasteiger partial charge < -0.3 is 10.6 Å². The average Bonchev–Trinajstić information content (AvgIpc) is 2.56. The van der Waals surface area contributed by atoms with Crippen LogP contribution in [-0.4, -0.2) is 19.0 Å². The number of carbonyl (C=O) groups excluding carboxylic acids is 1. The second-order valence-corrected chi connectivity index (χ2v) is 5.09. The van der Waals surface area contributed by atoms with E-state index in [-0.39, 0.29) is 36.9 Å². The van der Waals surface area contributed by atoms with E-state index in [0.717, 1.165) is 12.1 Å². The van der Waals surface area contributed by atoms with Crippen LogP contribution in [0.1, 0.15) is 12.0 Å². The molecule has 0 bridgehead atoms. The fraction of sp³-hybridized carbons (Fsp3) is 0.235. The van der Waals surface area contributed by atoms with Gasteiger partial charge in [-0.1, -0.05) is 18.2 Å². The van der Waals surface area contributed by atoms with Crippen LogP contribution in [0.15, 0.2) is 36.4 Å². The topological polar surface area (TPSA) is 41.1 Å². The number of rotatable bonds is 7. The maximum Gasteiger partial charge on any atom is 0.221 e. The van der Waals surface area contributed by atoms with Crippen molar-refractivity contribution in [3.8, 4) is 0 Å². The molecule has 0 saturated carbocycles. The number of hydrogen-bond donors (Lipinski definition) is 2. The highest BCUT2D eigenvalue weighted by molar-refractivity contribution is 5.76. The van der Waals surface area contributed by atoms with E-state index in [4.69, 9.17) is 0 Å². The molecule has 0 aromatic heterocycles. The van der Waals surface area contributed by atoms with Crippen molar-refractivity contribution in [2.24, 2.45) is 0 Å². The summed E-state index contributed by atoms with van der Waals surface area (Å²) < 4.78 is 52.6. The minimum atomic E-state index is -1.56. The van der Waals surface area contributed by atoms with Crippen LogP contribution >= 0.6 is 0 Å². The van der Waals surface area contributed by atoms with Gasteiger partial charge in [-0.15, -0.1) is 0 Å². The molecule has 2 N–H and O–H groups in total. The van der Waals surface area contributed by atoms with Crippen molar-refractivity contribution < 1.29 is 22.4 Å². The zero-order valence-corrected chi connectivity index (χ0v) is 12.7. The molecule has 0 aliphatic carbocycles. The number of benzene rings is 2. The predicted molar refractivity (Wildman–Crippen MR) is 82.5 cm³/mol. The van der Waals surface area contributed by atoms with Crippen LogP contribution in [0, 0.1) is 23.3 Å². The van der Waals surface area contributed by atoms with Gasteiger partial charge in [-0.2, -0.15) is 0 Å². The number of hydrogen-bond acceptors (Lipinski definition) is 2. The van der Waals surface area contributed by atoms with Crippen LogP contribution in [0.5, 0.6) is 0 Å². The molecule has 0 fully saturated rings. The highest BCUT2D eigenvalue weighted by Crippen LogP contribution is 2.19. The number of amides is 1. The minimum absolute atomic E-state index is 0.00963. The van der Waals surface area contributed by atoms with E-state index in [0.29, 0.717) is 12.0 Å². The molecule has 2 aromatic rings. The van der Waals surface area contributed by atoms with Crippen LogP contribution < -0.4 is 10.6 Å². The number of anilines is 1. The molecule has 0 unspecified atom stereocenters. The summed E-state index contributed by atoms with van der Waals surface area (Å²) in [7, 11) is 0. The van der Waals surface area contributed by atoms with E-state index in [2.05, 4.69) is 10.6 Å². The highest BCUT2D eigenvalue weighted by Gasteiger charge is 2.13. The molecule has 3 nitrogen and oxygen atoms in total. The van der Waals surface area contributed by atoms with Crippen LogP contribution in [0.2, 0.25) is 0 Å². The first-order valence-electron chi connectivity index (χ1n) is 7.36. The van der Waals surface area contributed by atoms with Gasteiger partial charge in [0.2, 0.25) is 5.91 Å². The maximum atomic E-state index is 13.4. The van der Waals surface area contributed by atoms with E-state index < -0.39 is 17.5 Å². The summed E-state index contributed by atoms with van der Waals surface area (Å²) in [5.74, 6) is -4.81. The van der Waals surface area contributed by atoms with Crippen molar-refractivity contribution in [1.29, 1.82) is 0 Å². The summed E-state index contributed by atoms with van der Waals surface area (Å²) >= 11 is 0. The smallest absolute Gasteiger partial charge is 0.221 e. The lowest BCUT2D eigenvalue weighted by Gasteiger charge is -2.09. The van der Waals surface area contributed by atoms with Gasteiger partial charge in [-0.05, 0) is 30.2 Å². The van der Waals surface area contributed by atoms with Crippen LogP contribution in [0.3, 0.4) is 0 Å². The van der Waals surface area contributed by atoms with Crippen LogP contribution in [0.4, 0.5) is 23.2 Å². The third kappa shape index (κ3) is 4.71. The van der Waals surface area contributed by atoms with Gasteiger partial charge in [0.15, 0.2) is 17.5 Å². The molecule has 0 atom stereocenters. The molecule has 0 radical (unpaired) electrons. The van der Waals surface area contributed by atoms with Crippen LogP contribution in [0.25, 0.3) is 0 Å². The molecule has 2 rings (SSSR count). The normalized spacial score (nSPS) is 10.5. The second-order valence-electron chi connectivity index (χ2n) is 5.09. The Bertz CT molecular complexity index is 722. The third-order valence-corrected chi connectivity index (χ3v) is 3.38. The largest absolute Gasteiger partial charge is 0.382 e. The molecule has 24 heavy (non-hydrogen) atoms. The van der Waals surface area contributed by atoms with Crippen molar-refractivity contribution in [3.05, 3.63) is 65.2 Å². The van der Waals surface area contributed by atoms with Gasteiger partial charge in [-0.25, -0.2) is 17.6 Å². The lowest BCUT2D eigenvalue weighted by atomic mass is 10.1. The first kappa shape index (κ1) is 17.8. The van der Waals surface area contributed by atoms with Gasteiger partial charge in [0.1, 0.15) is 5.82 Å². The lowest BCUT2D eigenvalue weighted by molar-refractivity contribution is -0.120. The minimum Gasteiger partial charge on any atom is -0.382 e.